The number of hydrogen-bond acceptors (Lipinski definition) is 5. The van der Waals surface area contributed by atoms with E-state index in [-0.39, 0.29) is 0 Å². The van der Waals surface area contributed by atoms with E-state index >= 15 is 0 Å². The molecule has 0 amide bonds. The maximum Gasteiger partial charge on any atom is 0.224 e. The van der Waals surface area contributed by atoms with Crippen molar-refractivity contribution in [1.82, 2.24) is 15.0 Å². The third kappa shape index (κ3) is 3.03. The van der Waals surface area contributed by atoms with E-state index in [4.69, 9.17) is 11.6 Å². The first-order chi connectivity index (χ1) is 10.3. The molecule has 5 nitrogen and oxygen atoms in total. The largest absolute Gasteiger partial charge is 0.354 e. The Morgan fingerprint density at radius 3 is 2.95 bits per heavy atom. The number of benzene rings is 1. The van der Waals surface area contributed by atoms with Gasteiger partial charge in [-0.2, -0.15) is 4.98 Å². The van der Waals surface area contributed by atoms with Gasteiger partial charge in [0.25, 0.3) is 0 Å². The van der Waals surface area contributed by atoms with Gasteiger partial charge in [0.2, 0.25) is 5.95 Å². The summed E-state index contributed by atoms with van der Waals surface area (Å²) in [5, 5.41) is 7.80. The summed E-state index contributed by atoms with van der Waals surface area (Å²) in [6, 6.07) is 9.83. The second-order valence-electron chi connectivity index (χ2n) is 4.46. The van der Waals surface area contributed by atoms with Crippen molar-refractivity contribution in [3.63, 3.8) is 0 Å². The van der Waals surface area contributed by atoms with Gasteiger partial charge in [-0.1, -0.05) is 17.7 Å². The molecule has 0 unspecified atom stereocenters. The standard InChI is InChI=1S/C15H14ClN5/c1-2-17-15-19-9-12(16)14(21-15)20-11-5-6-13-10(8-11)4-3-7-18-13/h3-9H,2H2,1H3,(H2,17,19,20,21). The molecule has 2 aromatic heterocycles. The van der Waals surface area contributed by atoms with Crippen LogP contribution in [0.1, 0.15) is 6.92 Å². The van der Waals surface area contributed by atoms with Crippen molar-refractivity contribution >= 4 is 40.0 Å². The highest BCUT2D eigenvalue weighted by molar-refractivity contribution is 6.32. The summed E-state index contributed by atoms with van der Waals surface area (Å²) in [5.74, 6) is 1.12. The maximum absolute atomic E-state index is 6.14. The molecule has 0 fully saturated rings. The van der Waals surface area contributed by atoms with E-state index in [0.29, 0.717) is 16.8 Å². The summed E-state index contributed by atoms with van der Waals surface area (Å²) < 4.78 is 0. The minimum absolute atomic E-state index is 0.475. The highest BCUT2D eigenvalue weighted by Gasteiger charge is 2.06. The van der Waals surface area contributed by atoms with Gasteiger partial charge in [-0.3, -0.25) is 4.98 Å². The van der Waals surface area contributed by atoms with Crippen LogP contribution in [0.15, 0.2) is 42.7 Å². The minimum Gasteiger partial charge on any atom is -0.354 e. The first-order valence-corrected chi connectivity index (χ1v) is 7.02. The zero-order chi connectivity index (χ0) is 14.7. The smallest absolute Gasteiger partial charge is 0.224 e. The van der Waals surface area contributed by atoms with Crippen molar-refractivity contribution in [1.29, 1.82) is 0 Å². The molecule has 0 saturated carbocycles. The summed E-state index contributed by atoms with van der Waals surface area (Å²) in [6.07, 6.45) is 3.36. The van der Waals surface area contributed by atoms with Crippen molar-refractivity contribution in [3.8, 4) is 0 Å². The number of nitrogens with zero attached hydrogens (tertiary/aromatic N) is 3. The zero-order valence-electron chi connectivity index (χ0n) is 11.5. The SMILES string of the molecule is CCNc1ncc(Cl)c(Nc2ccc3ncccc3c2)n1. The summed E-state index contributed by atoms with van der Waals surface area (Å²) in [6.45, 7) is 2.74. The first kappa shape index (κ1) is 13.6. The summed E-state index contributed by atoms with van der Waals surface area (Å²) in [4.78, 5) is 12.8. The van der Waals surface area contributed by atoms with Crippen LogP contribution >= 0.6 is 11.6 Å². The van der Waals surface area contributed by atoms with E-state index in [0.717, 1.165) is 23.1 Å². The molecule has 0 aliphatic carbocycles. The normalized spacial score (nSPS) is 10.6. The Kier molecular flexibility index (Phi) is 3.83. The van der Waals surface area contributed by atoms with Gasteiger partial charge in [0.15, 0.2) is 5.82 Å². The molecule has 6 heteroatoms. The van der Waals surface area contributed by atoms with Gasteiger partial charge in [-0.25, -0.2) is 4.98 Å². The molecule has 0 bridgehead atoms. The third-order valence-corrected chi connectivity index (χ3v) is 3.22. The quantitative estimate of drug-likeness (QED) is 0.766. The molecule has 2 heterocycles. The van der Waals surface area contributed by atoms with Gasteiger partial charge < -0.3 is 10.6 Å². The second kappa shape index (κ2) is 5.93. The van der Waals surface area contributed by atoms with Gasteiger partial charge in [0.1, 0.15) is 5.02 Å². The maximum atomic E-state index is 6.14. The van der Waals surface area contributed by atoms with Crippen molar-refractivity contribution in [2.24, 2.45) is 0 Å². The highest BCUT2D eigenvalue weighted by Crippen LogP contribution is 2.25. The molecule has 3 aromatic rings. The van der Waals surface area contributed by atoms with Crippen LogP contribution in [0, 0.1) is 0 Å². The van der Waals surface area contributed by atoms with Crippen LogP contribution in [0.4, 0.5) is 17.5 Å². The van der Waals surface area contributed by atoms with Crippen molar-refractivity contribution in [2.45, 2.75) is 6.92 Å². The lowest BCUT2D eigenvalue weighted by atomic mass is 10.2. The molecule has 0 radical (unpaired) electrons. The molecule has 1 aromatic carbocycles. The molecule has 106 valence electrons. The van der Waals surface area contributed by atoms with Crippen LogP contribution in [0.2, 0.25) is 5.02 Å². The van der Waals surface area contributed by atoms with Gasteiger partial charge in [-0.15, -0.1) is 0 Å². The molecule has 3 rings (SSSR count). The molecule has 0 atom stereocenters. The zero-order valence-corrected chi connectivity index (χ0v) is 12.2. The minimum atomic E-state index is 0.475. The summed E-state index contributed by atoms with van der Waals surface area (Å²) >= 11 is 6.14. The number of fused-ring (bicyclic) bond motifs is 1. The fourth-order valence-corrected chi connectivity index (χ4v) is 2.13. The van der Waals surface area contributed by atoms with Gasteiger partial charge in [0.05, 0.1) is 11.7 Å². The lowest BCUT2D eigenvalue weighted by Crippen LogP contribution is -2.04. The number of pyridine rings is 1. The van der Waals surface area contributed by atoms with Crippen molar-refractivity contribution < 1.29 is 0 Å². The lowest BCUT2D eigenvalue weighted by Gasteiger charge is -2.10. The highest BCUT2D eigenvalue weighted by atomic mass is 35.5. The van der Waals surface area contributed by atoms with Crippen LogP contribution in [0.25, 0.3) is 10.9 Å². The van der Waals surface area contributed by atoms with Crippen LogP contribution in [0.3, 0.4) is 0 Å². The Hall–Kier alpha value is -2.40. The Bertz CT molecular complexity index is 775. The number of nitrogens with one attached hydrogen (secondary N) is 2. The number of halogens is 1. The lowest BCUT2D eigenvalue weighted by molar-refractivity contribution is 1.09. The van der Waals surface area contributed by atoms with E-state index in [9.17, 15) is 0 Å². The van der Waals surface area contributed by atoms with E-state index < -0.39 is 0 Å². The monoisotopic (exact) mass is 299 g/mol. The predicted molar refractivity (Wildman–Crippen MR) is 86.2 cm³/mol. The Balaban J connectivity index is 1.92. The summed E-state index contributed by atoms with van der Waals surface area (Å²) in [5.41, 5.74) is 1.85. The number of hydrogen-bond donors (Lipinski definition) is 2. The molecule has 0 aliphatic rings. The summed E-state index contributed by atoms with van der Waals surface area (Å²) in [7, 11) is 0. The fraction of sp³-hybridized carbons (Fsp3) is 0.133. The van der Waals surface area contributed by atoms with Crippen molar-refractivity contribution in [2.75, 3.05) is 17.2 Å². The van der Waals surface area contributed by atoms with Crippen LogP contribution in [0.5, 0.6) is 0 Å². The predicted octanol–water partition coefficient (Wildman–Crippen LogP) is 3.85. The van der Waals surface area contributed by atoms with Crippen molar-refractivity contribution in [3.05, 3.63) is 47.7 Å². The molecule has 21 heavy (non-hydrogen) atoms. The average Bonchev–Trinajstić information content (AvgIpc) is 2.51. The van der Waals surface area contributed by atoms with Crippen LogP contribution in [-0.4, -0.2) is 21.5 Å². The third-order valence-electron chi connectivity index (χ3n) is 2.94. The second-order valence-corrected chi connectivity index (χ2v) is 4.86. The van der Waals surface area contributed by atoms with E-state index in [2.05, 4.69) is 25.6 Å². The van der Waals surface area contributed by atoms with Gasteiger partial charge >= 0.3 is 0 Å². The number of anilines is 3. The topological polar surface area (TPSA) is 62.7 Å². The first-order valence-electron chi connectivity index (χ1n) is 6.64. The Labute approximate surface area is 127 Å². The molecular formula is C15H14ClN5. The van der Waals surface area contributed by atoms with Crippen LogP contribution in [-0.2, 0) is 0 Å². The molecule has 2 N–H and O–H groups in total. The average molecular weight is 300 g/mol. The van der Waals surface area contributed by atoms with E-state index in [1.165, 1.54) is 0 Å². The Morgan fingerprint density at radius 1 is 1.19 bits per heavy atom. The van der Waals surface area contributed by atoms with Crippen LogP contribution < -0.4 is 10.6 Å². The van der Waals surface area contributed by atoms with Gasteiger partial charge in [0, 0.05) is 23.8 Å². The molecule has 0 spiro atoms. The molecular weight excluding hydrogens is 286 g/mol. The number of aromatic nitrogens is 3. The van der Waals surface area contributed by atoms with E-state index in [1.807, 2.05) is 37.3 Å². The number of rotatable bonds is 4. The Morgan fingerprint density at radius 2 is 2.10 bits per heavy atom. The van der Waals surface area contributed by atoms with E-state index in [1.54, 1.807) is 12.4 Å². The van der Waals surface area contributed by atoms with Gasteiger partial charge in [-0.05, 0) is 31.2 Å². The molecule has 0 saturated heterocycles. The fourth-order valence-electron chi connectivity index (χ4n) is 1.99. The molecule has 0 aliphatic heterocycles.